The van der Waals surface area contributed by atoms with Gasteiger partial charge < -0.3 is 5.32 Å². The monoisotopic (exact) mass is 277 g/mol. The first-order valence-corrected chi connectivity index (χ1v) is 6.26. The van der Waals surface area contributed by atoms with Crippen molar-refractivity contribution in [3.63, 3.8) is 0 Å². The second kappa shape index (κ2) is 5.85. The van der Waals surface area contributed by atoms with Gasteiger partial charge in [0.25, 0.3) is 5.91 Å². The highest BCUT2D eigenvalue weighted by atomic mass is 35.5. The molecule has 1 amide bonds. The van der Waals surface area contributed by atoms with Crippen molar-refractivity contribution in [1.29, 1.82) is 0 Å². The fourth-order valence-electron chi connectivity index (χ4n) is 1.77. The first kappa shape index (κ1) is 13.6. The molecule has 2 aromatic rings. The SMILES string of the molecule is C[C@@H](NC(=O)c1cc(F)ccc1Cl)c1ccccc1. The molecule has 0 radical (unpaired) electrons. The van der Waals surface area contributed by atoms with Crippen LogP contribution in [0.25, 0.3) is 0 Å². The molecule has 1 atom stereocenters. The summed E-state index contributed by atoms with van der Waals surface area (Å²) in [5.74, 6) is -0.872. The number of hydrogen-bond acceptors (Lipinski definition) is 1. The van der Waals surface area contributed by atoms with Gasteiger partial charge in [0.15, 0.2) is 0 Å². The van der Waals surface area contributed by atoms with Crippen molar-refractivity contribution < 1.29 is 9.18 Å². The Bertz CT molecular complexity index is 586. The van der Waals surface area contributed by atoms with Gasteiger partial charge in [0.1, 0.15) is 5.82 Å². The molecule has 98 valence electrons. The Labute approximate surface area is 116 Å². The third-order valence-corrected chi connectivity index (χ3v) is 3.15. The van der Waals surface area contributed by atoms with Gasteiger partial charge in [-0.05, 0) is 30.7 Å². The maximum Gasteiger partial charge on any atom is 0.253 e. The molecule has 1 N–H and O–H groups in total. The summed E-state index contributed by atoms with van der Waals surface area (Å²) in [5, 5.41) is 3.03. The van der Waals surface area contributed by atoms with Crippen LogP contribution in [0.15, 0.2) is 48.5 Å². The summed E-state index contributed by atoms with van der Waals surface area (Å²) in [5.41, 5.74) is 1.12. The number of carbonyl (C=O) groups excluding carboxylic acids is 1. The average Bonchev–Trinajstić information content (AvgIpc) is 2.42. The molecule has 2 aromatic carbocycles. The fourth-order valence-corrected chi connectivity index (χ4v) is 1.97. The van der Waals surface area contributed by atoms with Crippen molar-refractivity contribution in [2.24, 2.45) is 0 Å². The van der Waals surface area contributed by atoms with Crippen molar-refractivity contribution >= 4 is 17.5 Å². The first-order valence-electron chi connectivity index (χ1n) is 5.89. The summed E-state index contributed by atoms with van der Waals surface area (Å²) >= 11 is 5.89. The van der Waals surface area contributed by atoms with Crippen LogP contribution >= 0.6 is 11.6 Å². The van der Waals surface area contributed by atoms with E-state index in [1.165, 1.54) is 12.1 Å². The van der Waals surface area contributed by atoms with Crippen molar-refractivity contribution in [2.75, 3.05) is 0 Å². The van der Waals surface area contributed by atoms with E-state index in [2.05, 4.69) is 5.32 Å². The van der Waals surface area contributed by atoms with Crippen LogP contribution in [0.1, 0.15) is 28.9 Å². The Hall–Kier alpha value is -1.87. The molecule has 0 aromatic heterocycles. The maximum absolute atomic E-state index is 13.1. The largest absolute Gasteiger partial charge is 0.345 e. The Morgan fingerprint density at radius 2 is 1.89 bits per heavy atom. The lowest BCUT2D eigenvalue weighted by atomic mass is 10.1. The molecule has 0 bridgehead atoms. The number of rotatable bonds is 3. The number of amides is 1. The van der Waals surface area contributed by atoms with Gasteiger partial charge in [-0.1, -0.05) is 41.9 Å². The molecule has 2 rings (SSSR count). The van der Waals surface area contributed by atoms with Crippen molar-refractivity contribution in [3.8, 4) is 0 Å². The lowest BCUT2D eigenvalue weighted by molar-refractivity contribution is 0.0939. The van der Waals surface area contributed by atoms with E-state index in [-0.39, 0.29) is 22.5 Å². The Balaban J connectivity index is 2.15. The van der Waals surface area contributed by atoms with Crippen molar-refractivity contribution in [1.82, 2.24) is 5.32 Å². The minimum atomic E-state index is -0.484. The summed E-state index contributed by atoms with van der Waals surface area (Å²) in [4.78, 5) is 12.0. The normalized spacial score (nSPS) is 11.9. The number of carbonyl (C=O) groups is 1. The molecule has 0 aliphatic heterocycles. The van der Waals surface area contributed by atoms with E-state index in [1.54, 1.807) is 0 Å². The lowest BCUT2D eigenvalue weighted by Crippen LogP contribution is -2.26. The molecule has 4 heteroatoms. The van der Waals surface area contributed by atoms with Crippen LogP contribution in [0, 0.1) is 5.82 Å². The molecule has 0 spiro atoms. The van der Waals surface area contributed by atoms with E-state index in [0.717, 1.165) is 11.6 Å². The highest BCUT2D eigenvalue weighted by Gasteiger charge is 2.14. The average molecular weight is 278 g/mol. The molecule has 2 nitrogen and oxygen atoms in total. The summed E-state index contributed by atoms with van der Waals surface area (Å²) in [7, 11) is 0. The van der Waals surface area contributed by atoms with Gasteiger partial charge in [0, 0.05) is 0 Å². The van der Waals surface area contributed by atoms with Gasteiger partial charge in [-0.3, -0.25) is 4.79 Å². The van der Waals surface area contributed by atoms with Gasteiger partial charge >= 0.3 is 0 Å². The standard InChI is InChI=1S/C15H13ClFNO/c1-10(11-5-3-2-4-6-11)18-15(19)13-9-12(17)7-8-14(13)16/h2-10H,1H3,(H,18,19)/t10-/m1/s1. The van der Waals surface area contributed by atoms with Crippen LogP contribution in [0.5, 0.6) is 0 Å². The number of hydrogen-bond donors (Lipinski definition) is 1. The minimum Gasteiger partial charge on any atom is -0.345 e. The van der Waals surface area contributed by atoms with E-state index >= 15 is 0 Å². The number of halogens is 2. The van der Waals surface area contributed by atoms with Crippen LogP contribution in [0.4, 0.5) is 4.39 Å². The summed E-state index contributed by atoms with van der Waals surface area (Å²) < 4.78 is 13.1. The topological polar surface area (TPSA) is 29.1 Å². The summed E-state index contributed by atoms with van der Waals surface area (Å²) in [6.07, 6.45) is 0. The Kier molecular flexibility index (Phi) is 4.17. The van der Waals surface area contributed by atoms with E-state index in [9.17, 15) is 9.18 Å². The first-order chi connectivity index (χ1) is 9.08. The van der Waals surface area contributed by atoms with Gasteiger partial charge in [0.2, 0.25) is 0 Å². The molecule has 0 saturated carbocycles. The smallest absolute Gasteiger partial charge is 0.253 e. The van der Waals surface area contributed by atoms with Crippen molar-refractivity contribution in [3.05, 3.63) is 70.5 Å². The van der Waals surface area contributed by atoms with Gasteiger partial charge in [-0.25, -0.2) is 4.39 Å². The zero-order valence-corrected chi connectivity index (χ0v) is 11.1. The third-order valence-electron chi connectivity index (χ3n) is 2.82. The maximum atomic E-state index is 13.1. The van der Waals surface area contributed by atoms with Crippen LogP contribution in [0.2, 0.25) is 5.02 Å². The van der Waals surface area contributed by atoms with E-state index in [0.29, 0.717) is 0 Å². The van der Waals surface area contributed by atoms with Crippen LogP contribution in [-0.2, 0) is 0 Å². The lowest BCUT2D eigenvalue weighted by Gasteiger charge is -2.14. The molecule has 0 aliphatic rings. The van der Waals surface area contributed by atoms with Crippen molar-refractivity contribution in [2.45, 2.75) is 13.0 Å². The number of nitrogens with one attached hydrogen (secondary N) is 1. The molecule has 0 saturated heterocycles. The third kappa shape index (κ3) is 3.32. The minimum absolute atomic E-state index is 0.143. The highest BCUT2D eigenvalue weighted by molar-refractivity contribution is 6.33. The van der Waals surface area contributed by atoms with Crippen LogP contribution in [-0.4, -0.2) is 5.91 Å². The van der Waals surface area contributed by atoms with Crippen LogP contribution < -0.4 is 5.32 Å². The highest BCUT2D eigenvalue weighted by Crippen LogP contribution is 2.19. The zero-order valence-electron chi connectivity index (χ0n) is 10.4. The Morgan fingerprint density at radius 3 is 2.58 bits per heavy atom. The molecule has 19 heavy (non-hydrogen) atoms. The Morgan fingerprint density at radius 1 is 1.21 bits per heavy atom. The molecular weight excluding hydrogens is 265 g/mol. The molecule has 0 heterocycles. The summed E-state index contributed by atoms with van der Waals surface area (Å²) in [6.45, 7) is 1.86. The quantitative estimate of drug-likeness (QED) is 0.904. The molecule has 0 fully saturated rings. The fraction of sp³-hybridized carbons (Fsp3) is 0.133. The van der Waals surface area contributed by atoms with Gasteiger partial charge in [-0.15, -0.1) is 0 Å². The van der Waals surface area contributed by atoms with Gasteiger partial charge in [-0.2, -0.15) is 0 Å². The molecule has 0 aliphatic carbocycles. The van der Waals surface area contributed by atoms with E-state index in [1.807, 2.05) is 37.3 Å². The predicted octanol–water partition coefficient (Wildman–Crippen LogP) is 3.97. The van der Waals surface area contributed by atoms with Gasteiger partial charge in [0.05, 0.1) is 16.6 Å². The molecule has 0 unspecified atom stereocenters. The van der Waals surface area contributed by atoms with E-state index in [4.69, 9.17) is 11.6 Å². The second-order valence-corrected chi connectivity index (χ2v) is 4.64. The van der Waals surface area contributed by atoms with Crippen LogP contribution in [0.3, 0.4) is 0 Å². The van der Waals surface area contributed by atoms with E-state index < -0.39 is 5.82 Å². The zero-order chi connectivity index (χ0) is 13.8. The summed E-state index contributed by atoms with van der Waals surface area (Å²) in [6, 6.07) is 13.1. The number of benzene rings is 2. The second-order valence-electron chi connectivity index (χ2n) is 4.23. The predicted molar refractivity (Wildman–Crippen MR) is 73.7 cm³/mol. The molecular formula is C15H13ClFNO.